The number of benzene rings is 2. The highest BCUT2D eigenvalue weighted by molar-refractivity contribution is 5.67. The summed E-state index contributed by atoms with van der Waals surface area (Å²) >= 11 is 0. The Bertz CT molecular complexity index is 851. The number of nitrogens with zero attached hydrogens (tertiary/aromatic N) is 2. The predicted molar refractivity (Wildman–Crippen MR) is 116 cm³/mol. The largest absolute Gasteiger partial charge is 0.491 e. The third-order valence-corrected chi connectivity index (χ3v) is 5.61. The van der Waals surface area contributed by atoms with Gasteiger partial charge in [-0.15, -0.1) is 0 Å². The number of piperazine rings is 1. The van der Waals surface area contributed by atoms with Crippen LogP contribution in [0.2, 0.25) is 0 Å². The molecule has 1 atom stereocenters. The van der Waals surface area contributed by atoms with Crippen LogP contribution in [0.25, 0.3) is 5.57 Å². The van der Waals surface area contributed by atoms with Gasteiger partial charge in [0.2, 0.25) is 0 Å². The first-order chi connectivity index (χ1) is 14.7. The molecular formula is C24H29FN2O3. The topological polar surface area (TPSA) is 45.2 Å². The van der Waals surface area contributed by atoms with E-state index in [0.29, 0.717) is 25.5 Å². The molecule has 5 nitrogen and oxygen atoms in total. The van der Waals surface area contributed by atoms with Crippen molar-refractivity contribution in [2.45, 2.75) is 12.5 Å². The van der Waals surface area contributed by atoms with E-state index in [4.69, 9.17) is 9.47 Å². The molecule has 6 heteroatoms. The summed E-state index contributed by atoms with van der Waals surface area (Å²) in [6.07, 6.45) is 2.12. The molecule has 2 aliphatic heterocycles. The van der Waals surface area contributed by atoms with Crippen molar-refractivity contribution in [1.82, 2.24) is 4.90 Å². The van der Waals surface area contributed by atoms with E-state index < -0.39 is 6.10 Å². The molecule has 0 aliphatic carbocycles. The number of β-amino-alcohol motifs (C(OH)–C–C–N with tert-alkyl or cyclic N) is 1. The number of anilines is 1. The van der Waals surface area contributed by atoms with Crippen molar-refractivity contribution in [3.63, 3.8) is 0 Å². The Morgan fingerprint density at radius 1 is 1.07 bits per heavy atom. The first-order valence-corrected chi connectivity index (χ1v) is 10.6. The second-order valence-electron chi connectivity index (χ2n) is 7.82. The molecule has 0 saturated carbocycles. The zero-order valence-corrected chi connectivity index (χ0v) is 17.2. The van der Waals surface area contributed by atoms with Crippen LogP contribution in [-0.2, 0) is 4.74 Å². The summed E-state index contributed by atoms with van der Waals surface area (Å²) < 4.78 is 25.1. The van der Waals surface area contributed by atoms with Gasteiger partial charge >= 0.3 is 0 Å². The maximum absolute atomic E-state index is 14.0. The Hall–Kier alpha value is -2.41. The van der Waals surface area contributed by atoms with Gasteiger partial charge in [0.25, 0.3) is 0 Å². The van der Waals surface area contributed by atoms with Crippen molar-refractivity contribution in [2.75, 3.05) is 57.4 Å². The van der Waals surface area contributed by atoms with Crippen LogP contribution < -0.4 is 9.64 Å². The third-order valence-electron chi connectivity index (χ3n) is 5.61. The van der Waals surface area contributed by atoms with E-state index in [2.05, 4.69) is 34.1 Å². The highest BCUT2D eigenvalue weighted by atomic mass is 19.1. The summed E-state index contributed by atoms with van der Waals surface area (Å²) in [4.78, 5) is 4.61. The van der Waals surface area contributed by atoms with Crippen LogP contribution in [0, 0.1) is 5.82 Å². The van der Waals surface area contributed by atoms with Crippen molar-refractivity contribution >= 4 is 11.3 Å². The fourth-order valence-electron chi connectivity index (χ4n) is 3.99. The van der Waals surface area contributed by atoms with Crippen molar-refractivity contribution in [2.24, 2.45) is 0 Å². The number of halogens is 1. The minimum absolute atomic E-state index is 0.143. The van der Waals surface area contributed by atoms with Crippen LogP contribution in [-0.4, -0.2) is 68.7 Å². The Morgan fingerprint density at radius 3 is 2.60 bits per heavy atom. The van der Waals surface area contributed by atoms with Crippen LogP contribution in [0.4, 0.5) is 10.1 Å². The zero-order valence-electron chi connectivity index (χ0n) is 17.2. The third kappa shape index (κ3) is 5.59. The molecule has 0 amide bonds. The molecule has 160 valence electrons. The molecule has 0 aromatic heterocycles. The molecule has 2 aromatic carbocycles. The van der Waals surface area contributed by atoms with Crippen molar-refractivity contribution in [3.8, 4) is 5.75 Å². The first kappa shape index (κ1) is 20.8. The maximum Gasteiger partial charge on any atom is 0.127 e. The summed E-state index contributed by atoms with van der Waals surface area (Å²) in [5.41, 5.74) is 3.13. The standard InChI is InChI=1S/C24H29FN2O3/c25-21-14-20(19-6-12-29-13-7-19)15-24(16-21)30-18-23(28)17-26-8-10-27(11-9-26)22-4-2-1-3-5-22/h1-6,14-16,23,28H,7-13,17-18H2. The van der Waals surface area contributed by atoms with Gasteiger partial charge in [-0.1, -0.05) is 24.3 Å². The molecule has 2 heterocycles. The summed E-state index contributed by atoms with van der Waals surface area (Å²) in [5.74, 6) is 0.117. The number of para-hydroxylation sites is 1. The van der Waals surface area contributed by atoms with Crippen LogP contribution in [0.15, 0.2) is 54.6 Å². The van der Waals surface area contributed by atoms with Gasteiger partial charge < -0.3 is 19.5 Å². The molecule has 1 fully saturated rings. The van der Waals surface area contributed by atoms with Gasteiger partial charge in [-0.25, -0.2) is 4.39 Å². The number of aliphatic hydroxyl groups is 1. The van der Waals surface area contributed by atoms with Gasteiger partial charge in [0.1, 0.15) is 24.3 Å². The normalized spacial score (nSPS) is 18.7. The fourth-order valence-corrected chi connectivity index (χ4v) is 3.99. The summed E-state index contributed by atoms with van der Waals surface area (Å²) in [7, 11) is 0. The van der Waals surface area contributed by atoms with Gasteiger partial charge in [-0.3, -0.25) is 4.90 Å². The highest BCUT2D eigenvalue weighted by Gasteiger charge is 2.20. The lowest BCUT2D eigenvalue weighted by atomic mass is 10.0. The van der Waals surface area contributed by atoms with Gasteiger partial charge in [0.05, 0.1) is 13.2 Å². The van der Waals surface area contributed by atoms with Gasteiger partial charge in [0, 0.05) is 44.5 Å². The Kier molecular flexibility index (Phi) is 7.00. The smallest absolute Gasteiger partial charge is 0.127 e. The summed E-state index contributed by atoms with van der Waals surface area (Å²) in [5, 5.41) is 10.4. The minimum atomic E-state index is -0.623. The lowest BCUT2D eigenvalue weighted by molar-refractivity contribution is 0.0662. The van der Waals surface area contributed by atoms with Crippen molar-refractivity contribution in [1.29, 1.82) is 0 Å². The number of aliphatic hydroxyl groups excluding tert-OH is 1. The van der Waals surface area contributed by atoms with Crippen LogP contribution in [0.1, 0.15) is 12.0 Å². The first-order valence-electron chi connectivity index (χ1n) is 10.6. The SMILES string of the molecule is OC(COc1cc(F)cc(C2=CCOCC2)c1)CN1CCN(c2ccccc2)CC1. The van der Waals surface area contributed by atoms with E-state index >= 15 is 0 Å². The molecule has 4 rings (SSSR count). The number of rotatable bonds is 7. The van der Waals surface area contributed by atoms with Crippen molar-refractivity contribution < 1.29 is 19.0 Å². The van der Waals surface area contributed by atoms with Gasteiger partial charge in [-0.2, -0.15) is 0 Å². The second-order valence-corrected chi connectivity index (χ2v) is 7.82. The van der Waals surface area contributed by atoms with E-state index in [1.54, 1.807) is 0 Å². The minimum Gasteiger partial charge on any atom is -0.491 e. The molecule has 0 spiro atoms. The average Bonchev–Trinajstić information content (AvgIpc) is 2.79. The van der Waals surface area contributed by atoms with E-state index in [9.17, 15) is 9.50 Å². The molecule has 0 bridgehead atoms. The van der Waals surface area contributed by atoms with Crippen molar-refractivity contribution in [3.05, 3.63) is 66.0 Å². The maximum atomic E-state index is 14.0. The Morgan fingerprint density at radius 2 is 1.87 bits per heavy atom. The van der Waals surface area contributed by atoms with E-state index in [1.807, 2.05) is 18.2 Å². The Labute approximate surface area is 177 Å². The molecule has 2 aromatic rings. The molecule has 0 radical (unpaired) electrons. The molecule has 30 heavy (non-hydrogen) atoms. The molecular weight excluding hydrogens is 383 g/mol. The van der Waals surface area contributed by atoms with Gasteiger partial charge in [0.15, 0.2) is 0 Å². The summed E-state index contributed by atoms with van der Waals surface area (Å²) in [6, 6.07) is 15.1. The zero-order chi connectivity index (χ0) is 20.8. The quantitative estimate of drug-likeness (QED) is 0.757. The van der Waals surface area contributed by atoms with Crippen LogP contribution in [0.3, 0.4) is 0 Å². The second kappa shape index (κ2) is 10.1. The van der Waals surface area contributed by atoms with E-state index in [1.165, 1.54) is 17.8 Å². The average molecular weight is 413 g/mol. The predicted octanol–water partition coefficient (Wildman–Crippen LogP) is 3.19. The fraction of sp³-hybridized carbons (Fsp3) is 0.417. The molecule has 2 aliphatic rings. The Balaban J connectivity index is 1.26. The summed E-state index contributed by atoms with van der Waals surface area (Å²) in [6.45, 7) is 5.55. The van der Waals surface area contributed by atoms with Crippen LogP contribution in [0.5, 0.6) is 5.75 Å². The van der Waals surface area contributed by atoms with E-state index in [0.717, 1.165) is 43.7 Å². The van der Waals surface area contributed by atoms with E-state index in [-0.39, 0.29) is 12.4 Å². The highest BCUT2D eigenvalue weighted by Crippen LogP contribution is 2.26. The lowest BCUT2D eigenvalue weighted by Crippen LogP contribution is -2.49. The number of ether oxygens (including phenoxy) is 2. The molecule has 1 unspecified atom stereocenters. The number of hydrogen-bond donors (Lipinski definition) is 1. The lowest BCUT2D eigenvalue weighted by Gasteiger charge is -2.36. The van der Waals surface area contributed by atoms with Gasteiger partial charge in [-0.05, 0) is 41.8 Å². The monoisotopic (exact) mass is 412 g/mol. The number of hydrogen-bond acceptors (Lipinski definition) is 5. The molecule has 1 N–H and O–H groups in total. The van der Waals surface area contributed by atoms with Crippen LogP contribution >= 0.6 is 0 Å². The molecule has 1 saturated heterocycles.